The second kappa shape index (κ2) is 5.68. The van der Waals surface area contributed by atoms with Crippen LogP contribution in [0.1, 0.15) is 5.56 Å². The molecule has 0 aromatic heterocycles. The number of anilines is 1. The van der Waals surface area contributed by atoms with E-state index in [1.807, 2.05) is 30.3 Å². The van der Waals surface area contributed by atoms with E-state index in [1.54, 1.807) is 0 Å². The largest absolute Gasteiger partial charge is 0.460 e. The molecule has 2 aromatic carbocycles. The molecule has 2 aromatic rings. The first-order chi connectivity index (χ1) is 10.6. The molecule has 8 heteroatoms. The van der Waals surface area contributed by atoms with Gasteiger partial charge in [-0.25, -0.2) is 4.39 Å². The predicted octanol–water partition coefficient (Wildman–Crippen LogP) is 5.21. The lowest BCUT2D eigenvalue weighted by atomic mass is 10.0. The lowest BCUT2D eigenvalue weighted by Gasteiger charge is -2.28. The van der Waals surface area contributed by atoms with Gasteiger partial charge in [0.15, 0.2) is 5.75 Å². The Balaban J connectivity index is 2.12. The molecule has 5 nitrogen and oxygen atoms in total. The summed E-state index contributed by atoms with van der Waals surface area (Å²) in [6.07, 6.45) is 0. The van der Waals surface area contributed by atoms with Crippen LogP contribution >= 0.6 is 27.5 Å². The highest BCUT2D eigenvalue weighted by molar-refractivity contribution is 9.10. The molecule has 22 heavy (non-hydrogen) atoms. The average molecular weight is 384 g/mol. The molecule has 1 aliphatic rings. The number of hydrogen-bond donors (Lipinski definition) is 1. The summed E-state index contributed by atoms with van der Waals surface area (Å²) in [7, 11) is 0. The molecular formula is C14H9BrClFN4O. The van der Waals surface area contributed by atoms with Gasteiger partial charge in [0.25, 0.3) is 0 Å². The van der Waals surface area contributed by atoms with Crippen molar-refractivity contribution in [2.75, 3.05) is 11.9 Å². The van der Waals surface area contributed by atoms with Gasteiger partial charge < -0.3 is 10.1 Å². The molecule has 3 rings (SSSR count). The minimum atomic E-state index is -1.10. The second-order valence-corrected chi connectivity index (χ2v) is 5.84. The third kappa shape index (κ3) is 2.37. The first-order valence-corrected chi connectivity index (χ1v) is 7.45. The lowest BCUT2D eigenvalue weighted by Crippen LogP contribution is -2.40. The molecule has 0 saturated carbocycles. The molecule has 0 unspecified atom stereocenters. The van der Waals surface area contributed by atoms with Crippen molar-refractivity contribution in [1.29, 1.82) is 0 Å². The van der Waals surface area contributed by atoms with E-state index in [4.69, 9.17) is 21.9 Å². The van der Waals surface area contributed by atoms with Gasteiger partial charge in [-0.2, -0.15) is 0 Å². The molecule has 1 N–H and O–H groups in total. The van der Waals surface area contributed by atoms with Crippen LogP contribution in [-0.4, -0.2) is 6.54 Å². The van der Waals surface area contributed by atoms with Gasteiger partial charge in [-0.05, 0) is 21.5 Å². The molecule has 0 fully saturated rings. The fourth-order valence-corrected chi connectivity index (χ4v) is 2.95. The summed E-state index contributed by atoms with van der Waals surface area (Å²) >= 11 is 9.13. The zero-order valence-electron chi connectivity index (χ0n) is 11.1. The summed E-state index contributed by atoms with van der Waals surface area (Å²) in [4.78, 5) is 2.78. The van der Waals surface area contributed by atoms with E-state index >= 15 is 0 Å². The molecule has 112 valence electrons. The molecule has 0 radical (unpaired) electrons. The number of nitrogens with zero attached hydrogens (tertiary/aromatic N) is 3. The van der Waals surface area contributed by atoms with Crippen molar-refractivity contribution in [3.63, 3.8) is 0 Å². The number of hydrogen-bond acceptors (Lipinski definition) is 3. The SMILES string of the molecule is [N-]=[N+]=NC[C@]1(c2ccccc2)Nc2cc(F)c(Cl)c(Br)c2O1. The van der Waals surface area contributed by atoms with E-state index in [0.717, 1.165) is 5.56 Å². The average Bonchev–Trinajstić information content (AvgIpc) is 2.92. The predicted molar refractivity (Wildman–Crippen MR) is 85.5 cm³/mol. The van der Waals surface area contributed by atoms with Crippen LogP contribution in [0.3, 0.4) is 0 Å². The number of nitrogens with one attached hydrogen (secondary N) is 1. The summed E-state index contributed by atoms with van der Waals surface area (Å²) < 4.78 is 20.1. The minimum Gasteiger partial charge on any atom is -0.460 e. The Hall–Kier alpha value is -1.95. The molecule has 1 aliphatic heterocycles. The minimum absolute atomic E-state index is 0.00608. The quantitative estimate of drug-likeness (QED) is 0.342. The van der Waals surface area contributed by atoms with Crippen LogP contribution in [-0.2, 0) is 5.72 Å². The van der Waals surface area contributed by atoms with Gasteiger partial charge in [-0.3, -0.25) is 0 Å². The normalized spacial score (nSPS) is 18.9. The monoisotopic (exact) mass is 382 g/mol. The van der Waals surface area contributed by atoms with Crippen LogP contribution in [0.25, 0.3) is 10.4 Å². The van der Waals surface area contributed by atoms with E-state index in [2.05, 4.69) is 31.3 Å². The fourth-order valence-electron chi connectivity index (χ4n) is 2.32. The third-order valence-electron chi connectivity index (χ3n) is 3.33. The van der Waals surface area contributed by atoms with Crippen molar-refractivity contribution in [2.24, 2.45) is 5.11 Å². The topological polar surface area (TPSA) is 70.0 Å². The number of halogens is 3. The first kappa shape index (κ1) is 15.0. The van der Waals surface area contributed by atoms with Crippen LogP contribution < -0.4 is 10.1 Å². The number of fused-ring (bicyclic) bond motifs is 1. The molecule has 0 amide bonds. The van der Waals surface area contributed by atoms with Gasteiger partial charge in [-0.15, -0.1) is 0 Å². The van der Waals surface area contributed by atoms with Gasteiger partial charge >= 0.3 is 0 Å². The van der Waals surface area contributed by atoms with Gasteiger partial charge in [-0.1, -0.05) is 47.0 Å². The van der Waals surface area contributed by atoms with Crippen LogP contribution in [0.5, 0.6) is 5.75 Å². The Kier molecular flexibility index (Phi) is 3.87. The first-order valence-electron chi connectivity index (χ1n) is 6.28. The van der Waals surface area contributed by atoms with Crippen molar-refractivity contribution in [3.8, 4) is 5.75 Å². The van der Waals surface area contributed by atoms with Crippen molar-refractivity contribution in [3.05, 3.63) is 67.7 Å². The Morgan fingerprint density at radius 1 is 1.41 bits per heavy atom. The number of rotatable bonds is 3. The summed E-state index contributed by atoms with van der Waals surface area (Å²) in [5.74, 6) is -0.195. The number of ether oxygens (including phenoxy) is 1. The Bertz CT molecular complexity index is 782. The highest BCUT2D eigenvalue weighted by atomic mass is 79.9. The van der Waals surface area contributed by atoms with E-state index in [9.17, 15) is 4.39 Å². The maximum Gasteiger partial charge on any atom is 0.213 e. The van der Waals surface area contributed by atoms with Gasteiger partial charge in [0.05, 0.1) is 21.7 Å². The Morgan fingerprint density at radius 2 is 2.14 bits per heavy atom. The zero-order valence-corrected chi connectivity index (χ0v) is 13.4. The third-order valence-corrected chi connectivity index (χ3v) is 4.68. The molecule has 0 spiro atoms. The molecular weight excluding hydrogens is 375 g/mol. The van der Waals surface area contributed by atoms with Crippen LogP contribution in [0.15, 0.2) is 46.0 Å². The maximum atomic E-state index is 13.8. The van der Waals surface area contributed by atoms with E-state index in [-0.39, 0.29) is 11.6 Å². The number of azide groups is 1. The summed E-state index contributed by atoms with van der Waals surface area (Å²) in [5, 5.41) is 6.64. The van der Waals surface area contributed by atoms with Crippen molar-refractivity contribution in [1.82, 2.24) is 0 Å². The molecule has 0 saturated heterocycles. The highest BCUT2D eigenvalue weighted by Crippen LogP contribution is 2.49. The van der Waals surface area contributed by atoms with Crippen molar-refractivity contribution >= 4 is 33.2 Å². The van der Waals surface area contributed by atoms with Crippen LogP contribution in [0, 0.1) is 5.82 Å². The van der Waals surface area contributed by atoms with Crippen LogP contribution in [0.2, 0.25) is 5.02 Å². The van der Waals surface area contributed by atoms with E-state index in [0.29, 0.717) is 15.9 Å². The number of benzene rings is 2. The summed E-state index contributed by atoms with van der Waals surface area (Å²) in [6.45, 7) is -0.00608. The van der Waals surface area contributed by atoms with E-state index < -0.39 is 11.5 Å². The Morgan fingerprint density at radius 3 is 2.82 bits per heavy atom. The maximum absolute atomic E-state index is 13.8. The molecule has 1 atom stereocenters. The lowest BCUT2D eigenvalue weighted by molar-refractivity contribution is 0.126. The summed E-state index contributed by atoms with van der Waals surface area (Å²) in [6, 6.07) is 10.4. The van der Waals surface area contributed by atoms with Gasteiger partial charge in [0, 0.05) is 16.5 Å². The Labute approximate surface area is 138 Å². The van der Waals surface area contributed by atoms with Gasteiger partial charge in [0.2, 0.25) is 5.72 Å². The highest BCUT2D eigenvalue weighted by Gasteiger charge is 2.42. The van der Waals surface area contributed by atoms with Crippen LogP contribution in [0.4, 0.5) is 10.1 Å². The smallest absolute Gasteiger partial charge is 0.213 e. The molecule has 0 bridgehead atoms. The second-order valence-electron chi connectivity index (χ2n) is 4.67. The molecule has 1 heterocycles. The summed E-state index contributed by atoms with van der Waals surface area (Å²) in [5.41, 5.74) is 8.72. The van der Waals surface area contributed by atoms with E-state index in [1.165, 1.54) is 6.07 Å². The standard InChI is InChI=1S/C14H9BrClFN4O/c15-11-12(16)9(17)6-10-13(11)22-14(20-10,7-19-21-18)8-4-2-1-3-5-8/h1-6,20H,7H2/t14-/m0/s1. The fraction of sp³-hybridized carbons (Fsp3) is 0.143. The van der Waals surface area contributed by atoms with Gasteiger partial charge in [0.1, 0.15) is 5.82 Å². The van der Waals surface area contributed by atoms with Crippen molar-refractivity contribution < 1.29 is 9.13 Å². The molecule has 0 aliphatic carbocycles. The zero-order chi connectivity index (χ0) is 15.7. The van der Waals surface area contributed by atoms with Crippen molar-refractivity contribution in [2.45, 2.75) is 5.72 Å².